The monoisotopic (exact) mass is 483 g/mol. The molecule has 10 nitrogen and oxygen atoms in total. The molecule has 34 heavy (non-hydrogen) atoms. The Morgan fingerprint density at radius 2 is 1.79 bits per heavy atom. The molecular formula is C23H21N3O7S. The summed E-state index contributed by atoms with van der Waals surface area (Å²) in [5.74, 6) is -1.61. The summed E-state index contributed by atoms with van der Waals surface area (Å²) in [4.78, 5) is 50.9. The summed E-state index contributed by atoms with van der Waals surface area (Å²) in [6.45, 7) is -0.245. The zero-order chi connectivity index (χ0) is 24.4. The van der Waals surface area contributed by atoms with Crippen molar-refractivity contribution in [2.75, 3.05) is 12.4 Å². The number of ether oxygens (including phenoxy) is 2. The molecule has 1 aliphatic heterocycles. The van der Waals surface area contributed by atoms with Gasteiger partial charge in [-0.15, -0.1) is 0 Å². The third-order valence-electron chi connectivity index (χ3n) is 5.32. The van der Waals surface area contributed by atoms with Gasteiger partial charge in [-0.3, -0.25) is 18.7 Å². The number of carbonyl (C=O) groups excluding carboxylic acids is 2. The van der Waals surface area contributed by atoms with Gasteiger partial charge in [0.15, 0.2) is 5.82 Å². The van der Waals surface area contributed by atoms with Crippen molar-refractivity contribution in [1.29, 1.82) is 0 Å². The summed E-state index contributed by atoms with van der Waals surface area (Å²) < 4.78 is 25.6. The van der Waals surface area contributed by atoms with Crippen LogP contribution in [0, 0.1) is 0 Å². The summed E-state index contributed by atoms with van der Waals surface area (Å²) in [5.41, 5.74) is -0.251. The SMILES string of the molecule is COc1cccc(COC(=O)C2C(=O)Nc3c(c(=O)n(Cc4ccccc4)c(=O)n3C)[S+]2[O-])c1. The highest BCUT2D eigenvalue weighted by molar-refractivity contribution is 7.93. The Bertz CT molecular complexity index is 1370. The molecule has 1 amide bonds. The molecular weight excluding hydrogens is 462 g/mol. The second-order valence-electron chi connectivity index (χ2n) is 7.52. The fraction of sp³-hybridized carbons (Fsp3) is 0.217. The predicted octanol–water partition coefficient (Wildman–Crippen LogP) is 0.776. The van der Waals surface area contributed by atoms with E-state index in [1.807, 2.05) is 0 Å². The molecule has 1 N–H and O–H groups in total. The van der Waals surface area contributed by atoms with Gasteiger partial charge in [0.2, 0.25) is 0 Å². The highest BCUT2D eigenvalue weighted by atomic mass is 32.2. The van der Waals surface area contributed by atoms with Gasteiger partial charge in [0, 0.05) is 18.2 Å². The van der Waals surface area contributed by atoms with Gasteiger partial charge in [0.25, 0.3) is 16.1 Å². The molecule has 4 rings (SSSR count). The summed E-state index contributed by atoms with van der Waals surface area (Å²) in [5, 5.41) is 0.620. The molecule has 2 heterocycles. The minimum Gasteiger partial charge on any atom is -0.610 e. The van der Waals surface area contributed by atoms with Crippen LogP contribution in [0.3, 0.4) is 0 Å². The van der Waals surface area contributed by atoms with E-state index in [0.717, 1.165) is 9.13 Å². The van der Waals surface area contributed by atoms with Crippen LogP contribution in [-0.2, 0) is 45.7 Å². The van der Waals surface area contributed by atoms with Crippen LogP contribution in [0.25, 0.3) is 0 Å². The number of anilines is 1. The normalized spacial score (nSPS) is 17.0. The highest BCUT2D eigenvalue weighted by Crippen LogP contribution is 2.27. The second-order valence-corrected chi connectivity index (χ2v) is 9.00. The first-order valence-corrected chi connectivity index (χ1v) is 11.4. The Balaban J connectivity index is 1.64. The lowest BCUT2D eigenvalue weighted by Crippen LogP contribution is -2.52. The predicted molar refractivity (Wildman–Crippen MR) is 123 cm³/mol. The summed E-state index contributed by atoms with van der Waals surface area (Å²) in [6.07, 6.45) is 0. The smallest absolute Gasteiger partial charge is 0.370 e. The molecule has 1 aliphatic rings. The molecule has 0 fully saturated rings. The number of esters is 1. The first-order valence-electron chi connectivity index (χ1n) is 10.2. The molecule has 0 radical (unpaired) electrons. The topological polar surface area (TPSA) is 132 Å². The molecule has 11 heteroatoms. The van der Waals surface area contributed by atoms with Crippen molar-refractivity contribution in [3.05, 3.63) is 86.6 Å². The zero-order valence-electron chi connectivity index (χ0n) is 18.3. The lowest BCUT2D eigenvalue weighted by atomic mass is 10.2. The number of amides is 1. The van der Waals surface area contributed by atoms with Crippen LogP contribution in [0.15, 0.2) is 69.1 Å². The first kappa shape index (κ1) is 23.3. The molecule has 0 bridgehead atoms. The Morgan fingerprint density at radius 1 is 1.09 bits per heavy atom. The average Bonchev–Trinajstić information content (AvgIpc) is 2.84. The van der Waals surface area contributed by atoms with Gasteiger partial charge in [-0.2, -0.15) is 0 Å². The van der Waals surface area contributed by atoms with E-state index in [-0.39, 0.29) is 23.9 Å². The number of hydrogen-bond donors (Lipinski definition) is 1. The van der Waals surface area contributed by atoms with Crippen LogP contribution < -0.4 is 21.3 Å². The number of hydrogen-bond acceptors (Lipinski definition) is 7. The van der Waals surface area contributed by atoms with Crippen molar-refractivity contribution in [3.63, 3.8) is 0 Å². The second kappa shape index (κ2) is 9.57. The number of methoxy groups -OCH3 is 1. The fourth-order valence-corrected chi connectivity index (χ4v) is 4.94. The molecule has 0 aliphatic carbocycles. The highest BCUT2D eigenvalue weighted by Gasteiger charge is 2.49. The summed E-state index contributed by atoms with van der Waals surface area (Å²) in [7, 11) is 2.84. The molecule has 0 saturated heterocycles. The van der Waals surface area contributed by atoms with Crippen LogP contribution in [0.5, 0.6) is 5.75 Å². The average molecular weight is 484 g/mol. The molecule has 176 valence electrons. The minimum atomic E-state index is -2.38. The molecule has 2 unspecified atom stereocenters. The van der Waals surface area contributed by atoms with Crippen molar-refractivity contribution in [3.8, 4) is 5.75 Å². The van der Waals surface area contributed by atoms with Crippen LogP contribution in [0.4, 0.5) is 5.82 Å². The van der Waals surface area contributed by atoms with Crippen LogP contribution >= 0.6 is 0 Å². The van der Waals surface area contributed by atoms with E-state index >= 15 is 0 Å². The largest absolute Gasteiger partial charge is 0.610 e. The van der Waals surface area contributed by atoms with Gasteiger partial charge in [0.05, 0.1) is 13.7 Å². The van der Waals surface area contributed by atoms with Gasteiger partial charge in [-0.1, -0.05) is 42.5 Å². The molecule has 2 atom stereocenters. The van der Waals surface area contributed by atoms with Crippen LogP contribution in [0.2, 0.25) is 0 Å². The number of rotatable bonds is 6. The first-order chi connectivity index (χ1) is 16.3. The zero-order valence-corrected chi connectivity index (χ0v) is 19.2. The van der Waals surface area contributed by atoms with E-state index in [2.05, 4.69) is 5.32 Å². The number of carbonyl (C=O) groups is 2. The van der Waals surface area contributed by atoms with E-state index in [1.54, 1.807) is 54.6 Å². The van der Waals surface area contributed by atoms with E-state index in [0.29, 0.717) is 16.9 Å². The van der Waals surface area contributed by atoms with Crippen LogP contribution in [-0.4, -0.2) is 37.9 Å². The number of nitrogens with zero attached hydrogens (tertiary/aromatic N) is 2. The van der Waals surface area contributed by atoms with Gasteiger partial charge >= 0.3 is 17.2 Å². The summed E-state index contributed by atoms with van der Waals surface area (Å²) in [6, 6.07) is 15.6. The number of benzene rings is 2. The molecule has 3 aromatic rings. The quantitative estimate of drug-likeness (QED) is 0.311. The Labute approximate surface area is 196 Å². The maximum Gasteiger partial charge on any atom is 0.370 e. The van der Waals surface area contributed by atoms with Crippen molar-refractivity contribution >= 4 is 28.9 Å². The van der Waals surface area contributed by atoms with E-state index in [4.69, 9.17) is 9.47 Å². The maximum atomic E-state index is 13.3. The van der Waals surface area contributed by atoms with E-state index < -0.39 is 39.6 Å². The van der Waals surface area contributed by atoms with Crippen molar-refractivity contribution in [2.45, 2.75) is 23.3 Å². The van der Waals surface area contributed by atoms with Gasteiger partial charge in [-0.25, -0.2) is 9.59 Å². The van der Waals surface area contributed by atoms with Gasteiger partial charge < -0.3 is 19.3 Å². The van der Waals surface area contributed by atoms with Crippen LogP contribution in [0.1, 0.15) is 11.1 Å². The lowest BCUT2D eigenvalue weighted by molar-refractivity contribution is -0.146. The van der Waals surface area contributed by atoms with Gasteiger partial charge in [0.1, 0.15) is 12.4 Å². The molecule has 0 spiro atoms. The molecule has 0 saturated carbocycles. The Kier molecular flexibility index (Phi) is 6.57. The maximum absolute atomic E-state index is 13.3. The lowest BCUT2D eigenvalue weighted by Gasteiger charge is -2.26. The number of aromatic nitrogens is 2. The third-order valence-corrected chi connectivity index (χ3v) is 6.92. The third kappa shape index (κ3) is 4.35. The molecule has 1 aromatic heterocycles. The molecule has 2 aromatic carbocycles. The van der Waals surface area contributed by atoms with Crippen molar-refractivity contribution in [2.24, 2.45) is 7.05 Å². The summed E-state index contributed by atoms with van der Waals surface area (Å²) >= 11 is -2.38. The number of nitrogens with one attached hydrogen (secondary N) is 1. The standard InChI is InChI=1S/C23H21N3O7S/c1-25-19-17(21(28)26(23(25)30)12-14-7-4-3-5-8-14)34(31)18(20(27)24-19)22(29)33-13-15-9-6-10-16(11-15)32-2/h3-11,18H,12-13H2,1-2H3,(H,24,27). The Morgan fingerprint density at radius 3 is 2.50 bits per heavy atom. The Hall–Kier alpha value is -3.83. The fourth-order valence-electron chi connectivity index (χ4n) is 3.55. The van der Waals surface area contributed by atoms with Gasteiger partial charge in [-0.05, 0) is 23.3 Å². The minimum absolute atomic E-state index is 0.0598. The van der Waals surface area contributed by atoms with E-state index in [9.17, 15) is 23.7 Å². The van der Waals surface area contributed by atoms with E-state index in [1.165, 1.54) is 14.2 Å². The van der Waals surface area contributed by atoms with Crippen molar-refractivity contribution in [1.82, 2.24) is 9.13 Å². The van der Waals surface area contributed by atoms with Crippen molar-refractivity contribution < 1.29 is 23.6 Å². The number of fused-ring (bicyclic) bond motifs is 1.